The molecule has 1 fully saturated rings. The number of carbonyl (C=O) groups is 1. The first-order valence-electron chi connectivity index (χ1n) is 5.73. The molecule has 1 aliphatic heterocycles. The molecule has 0 amide bonds. The second-order valence-electron chi connectivity index (χ2n) is 4.16. The van der Waals surface area contributed by atoms with Crippen LogP contribution in [0.1, 0.15) is 30.1 Å². The Morgan fingerprint density at radius 1 is 1.44 bits per heavy atom. The molecular weight excluding hydrogens is 205 g/mol. The quantitative estimate of drug-likeness (QED) is 0.731. The fraction of sp³-hybridized carbons (Fsp3) is 0.462. The summed E-state index contributed by atoms with van der Waals surface area (Å²) in [6.07, 6.45) is 0.419. The van der Waals surface area contributed by atoms with Crippen LogP contribution < -0.4 is 4.90 Å². The molecule has 1 aliphatic rings. The number of Topliss-reactive ketones (excluding diaryl/α,β-unsaturated/α-hetero) is 1. The molecule has 0 spiro atoms. The molecule has 1 aromatic rings. The van der Waals surface area contributed by atoms with E-state index in [-0.39, 0.29) is 5.78 Å². The van der Waals surface area contributed by atoms with Crippen molar-refractivity contribution in [1.29, 1.82) is 0 Å². The highest BCUT2D eigenvalue weighted by Gasteiger charge is 2.21. The molecule has 0 radical (unpaired) electrons. The smallest absolute Gasteiger partial charge is 0.162 e. The second kappa shape index (κ2) is 4.64. The molecule has 0 aromatic heterocycles. The van der Waals surface area contributed by atoms with Gasteiger partial charge in [-0.3, -0.25) is 4.79 Å². The molecule has 3 heteroatoms. The minimum atomic E-state index is -0.711. The predicted molar refractivity (Wildman–Crippen MR) is 62.8 cm³/mol. The van der Waals surface area contributed by atoms with Crippen LogP contribution in [0.3, 0.4) is 0 Å². The summed E-state index contributed by atoms with van der Waals surface area (Å²) >= 11 is 0. The molecule has 16 heavy (non-hydrogen) atoms. The number of hydrogen-bond acceptors (Lipinski definition) is 2. The van der Waals surface area contributed by atoms with E-state index in [1.165, 1.54) is 0 Å². The van der Waals surface area contributed by atoms with E-state index in [0.29, 0.717) is 19.4 Å². The molecule has 2 nitrogen and oxygen atoms in total. The number of hydrogen-bond donors (Lipinski definition) is 0. The van der Waals surface area contributed by atoms with Crippen molar-refractivity contribution >= 4 is 11.5 Å². The third-order valence-electron chi connectivity index (χ3n) is 3.01. The zero-order chi connectivity index (χ0) is 11.5. The topological polar surface area (TPSA) is 20.3 Å². The molecule has 86 valence electrons. The first kappa shape index (κ1) is 11.1. The van der Waals surface area contributed by atoms with Gasteiger partial charge in [-0.2, -0.15) is 0 Å². The number of rotatable bonds is 3. The molecule has 1 atom stereocenters. The van der Waals surface area contributed by atoms with E-state index in [2.05, 4.69) is 0 Å². The fourth-order valence-electron chi connectivity index (χ4n) is 2.01. The van der Waals surface area contributed by atoms with Crippen LogP contribution in [0.4, 0.5) is 10.1 Å². The van der Waals surface area contributed by atoms with Crippen molar-refractivity contribution in [3.8, 4) is 0 Å². The number of ketones is 1. The number of anilines is 1. The molecule has 0 N–H and O–H groups in total. The van der Waals surface area contributed by atoms with Crippen molar-refractivity contribution in [2.45, 2.75) is 25.9 Å². The molecule has 1 aromatic carbocycles. The van der Waals surface area contributed by atoms with E-state index in [4.69, 9.17) is 0 Å². The zero-order valence-electron chi connectivity index (χ0n) is 9.45. The summed E-state index contributed by atoms with van der Waals surface area (Å²) in [5.74, 6) is 0.149. The van der Waals surface area contributed by atoms with E-state index < -0.39 is 6.17 Å². The van der Waals surface area contributed by atoms with E-state index in [9.17, 15) is 9.18 Å². The number of nitrogens with zero attached hydrogens (tertiary/aromatic N) is 1. The summed E-state index contributed by atoms with van der Waals surface area (Å²) in [6, 6.07) is 7.46. The third kappa shape index (κ3) is 2.23. The fourth-order valence-corrected chi connectivity index (χ4v) is 2.01. The first-order chi connectivity index (χ1) is 7.70. The van der Waals surface area contributed by atoms with Gasteiger partial charge in [-0.25, -0.2) is 4.39 Å². The SMILES string of the molecule is CCC(=O)c1ccc(N2CC[C@@H](F)C2)cc1. The summed E-state index contributed by atoms with van der Waals surface area (Å²) < 4.78 is 13.0. The van der Waals surface area contributed by atoms with E-state index in [1.54, 1.807) is 0 Å². The van der Waals surface area contributed by atoms with Gasteiger partial charge in [-0.05, 0) is 30.7 Å². The highest BCUT2D eigenvalue weighted by molar-refractivity contribution is 5.96. The van der Waals surface area contributed by atoms with Gasteiger partial charge in [-0.1, -0.05) is 6.92 Å². The molecule has 0 bridgehead atoms. The second-order valence-corrected chi connectivity index (χ2v) is 4.16. The Balaban J connectivity index is 2.10. The lowest BCUT2D eigenvalue weighted by Crippen LogP contribution is -2.19. The Kier molecular flexibility index (Phi) is 3.22. The van der Waals surface area contributed by atoms with Gasteiger partial charge >= 0.3 is 0 Å². The van der Waals surface area contributed by atoms with Crippen molar-refractivity contribution in [2.24, 2.45) is 0 Å². The lowest BCUT2D eigenvalue weighted by molar-refractivity contribution is 0.0988. The summed E-state index contributed by atoms with van der Waals surface area (Å²) in [7, 11) is 0. The maximum atomic E-state index is 13.0. The Morgan fingerprint density at radius 3 is 2.62 bits per heavy atom. The number of alkyl halides is 1. The summed E-state index contributed by atoms with van der Waals surface area (Å²) in [5, 5.41) is 0. The maximum absolute atomic E-state index is 13.0. The molecule has 0 saturated carbocycles. The Hall–Kier alpha value is -1.38. The average molecular weight is 221 g/mol. The van der Waals surface area contributed by atoms with Crippen molar-refractivity contribution in [3.63, 3.8) is 0 Å². The highest BCUT2D eigenvalue weighted by atomic mass is 19.1. The predicted octanol–water partition coefficient (Wildman–Crippen LogP) is 2.83. The van der Waals surface area contributed by atoms with Crippen LogP contribution in [-0.2, 0) is 0 Å². The summed E-state index contributed by atoms with van der Waals surface area (Å²) in [6.45, 7) is 3.09. The van der Waals surface area contributed by atoms with Gasteiger partial charge in [0, 0.05) is 30.8 Å². The standard InChI is InChI=1S/C13H16FNO/c1-2-13(16)10-3-5-12(6-4-10)15-8-7-11(14)9-15/h3-6,11H,2,7-9H2,1H3/t11-/m1/s1. The molecule has 0 unspecified atom stereocenters. The highest BCUT2D eigenvalue weighted by Crippen LogP contribution is 2.22. The molecule has 2 rings (SSSR count). The Morgan fingerprint density at radius 2 is 2.12 bits per heavy atom. The lowest BCUT2D eigenvalue weighted by atomic mass is 10.1. The summed E-state index contributed by atoms with van der Waals surface area (Å²) in [4.78, 5) is 13.4. The van der Waals surface area contributed by atoms with Crippen LogP contribution in [0.2, 0.25) is 0 Å². The van der Waals surface area contributed by atoms with Gasteiger partial charge < -0.3 is 4.90 Å². The molecular formula is C13H16FNO. The number of carbonyl (C=O) groups excluding carboxylic acids is 1. The van der Waals surface area contributed by atoms with Crippen LogP contribution in [0, 0.1) is 0 Å². The largest absolute Gasteiger partial charge is 0.369 e. The number of halogens is 1. The molecule has 1 heterocycles. The van der Waals surface area contributed by atoms with E-state index in [0.717, 1.165) is 17.8 Å². The van der Waals surface area contributed by atoms with Crippen LogP contribution in [0.5, 0.6) is 0 Å². The van der Waals surface area contributed by atoms with Gasteiger partial charge in [0.25, 0.3) is 0 Å². The van der Waals surface area contributed by atoms with Crippen molar-refractivity contribution in [1.82, 2.24) is 0 Å². The van der Waals surface area contributed by atoms with Gasteiger partial charge in [-0.15, -0.1) is 0 Å². The molecule has 0 aliphatic carbocycles. The maximum Gasteiger partial charge on any atom is 0.162 e. The van der Waals surface area contributed by atoms with E-state index in [1.807, 2.05) is 36.1 Å². The van der Waals surface area contributed by atoms with Crippen molar-refractivity contribution < 1.29 is 9.18 Å². The lowest BCUT2D eigenvalue weighted by Gasteiger charge is -2.17. The number of benzene rings is 1. The first-order valence-corrected chi connectivity index (χ1v) is 5.73. The van der Waals surface area contributed by atoms with Gasteiger partial charge in [0.1, 0.15) is 6.17 Å². The van der Waals surface area contributed by atoms with Crippen LogP contribution in [0.25, 0.3) is 0 Å². The Labute approximate surface area is 95.1 Å². The average Bonchev–Trinajstić information content (AvgIpc) is 2.75. The van der Waals surface area contributed by atoms with Gasteiger partial charge in [0.15, 0.2) is 5.78 Å². The minimum Gasteiger partial charge on any atom is -0.369 e. The van der Waals surface area contributed by atoms with Crippen molar-refractivity contribution in [3.05, 3.63) is 29.8 Å². The van der Waals surface area contributed by atoms with Crippen LogP contribution in [0.15, 0.2) is 24.3 Å². The monoisotopic (exact) mass is 221 g/mol. The van der Waals surface area contributed by atoms with Crippen molar-refractivity contribution in [2.75, 3.05) is 18.0 Å². The normalized spacial score (nSPS) is 20.1. The zero-order valence-corrected chi connectivity index (χ0v) is 9.45. The van der Waals surface area contributed by atoms with Crippen LogP contribution in [-0.4, -0.2) is 25.0 Å². The summed E-state index contributed by atoms with van der Waals surface area (Å²) in [5.41, 5.74) is 1.75. The molecule has 1 saturated heterocycles. The minimum absolute atomic E-state index is 0.149. The third-order valence-corrected chi connectivity index (χ3v) is 3.01. The van der Waals surface area contributed by atoms with Gasteiger partial charge in [0.2, 0.25) is 0 Å². The van der Waals surface area contributed by atoms with Gasteiger partial charge in [0.05, 0.1) is 0 Å². The van der Waals surface area contributed by atoms with Crippen LogP contribution >= 0.6 is 0 Å². The Bertz CT molecular complexity index is 374. The van der Waals surface area contributed by atoms with E-state index >= 15 is 0 Å².